The van der Waals surface area contributed by atoms with Gasteiger partial charge in [0.05, 0.1) is 25.3 Å². The van der Waals surface area contributed by atoms with Crippen molar-refractivity contribution < 1.29 is 9.47 Å². The molecular weight excluding hydrogens is 192 g/mol. The molecule has 0 bridgehead atoms. The molecule has 0 saturated carbocycles. The molecule has 0 aliphatic heterocycles. The van der Waals surface area contributed by atoms with E-state index < -0.39 is 0 Å². The average molecular weight is 204 g/mol. The van der Waals surface area contributed by atoms with Crippen LogP contribution in [0.1, 0.15) is 5.69 Å². The number of aromatic nitrogens is 2. The third kappa shape index (κ3) is 1.48. The molecule has 78 valence electrons. The van der Waals surface area contributed by atoms with E-state index >= 15 is 0 Å². The maximum Gasteiger partial charge on any atom is 0.182 e. The summed E-state index contributed by atoms with van der Waals surface area (Å²) in [6.45, 7) is 1.87. The zero-order chi connectivity index (χ0) is 10.8. The Balaban J connectivity index is 2.84. The van der Waals surface area contributed by atoms with Crippen molar-refractivity contribution in [2.75, 3.05) is 14.2 Å². The third-order valence-electron chi connectivity index (χ3n) is 2.25. The Morgan fingerprint density at radius 3 is 2.53 bits per heavy atom. The Kier molecular flexibility index (Phi) is 2.41. The third-order valence-corrected chi connectivity index (χ3v) is 2.25. The monoisotopic (exact) mass is 204 g/mol. The van der Waals surface area contributed by atoms with Crippen molar-refractivity contribution in [1.82, 2.24) is 9.97 Å². The first-order chi connectivity index (χ1) is 7.27. The van der Waals surface area contributed by atoms with Crippen LogP contribution < -0.4 is 9.47 Å². The molecule has 0 atom stereocenters. The van der Waals surface area contributed by atoms with E-state index in [0.29, 0.717) is 17.1 Å². The fourth-order valence-corrected chi connectivity index (χ4v) is 1.60. The van der Waals surface area contributed by atoms with Gasteiger partial charge < -0.3 is 9.47 Å². The molecule has 2 aromatic heterocycles. The minimum absolute atomic E-state index is 0.665. The number of ether oxygens (including phenoxy) is 2. The molecule has 15 heavy (non-hydrogen) atoms. The van der Waals surface area contributed by atoms with Crippen molar-refractivity contribution in [1.29, 1.82) is 0 Å². The van der Waals surface area contributed by atoms with E-state index in [1.165, 1.54) is 0 Å². The summed E-state index contributed by atoms with van der Waals surface area (Å²) >= 11 is 0. The highest BCUT2D eigenvalue weighted by Gasteiger charge is 2.13. The van der Waals surface area contributed by atoms with E-state index in [1.807, 2.05) is 19.1 Å². The van der Waals surface area contributed by atoms with Gasteiger partial charge in [-0.2, -0.15) is 0 Å². The smallest absolute Gasteiger partial charge is 0.182 e. The lowest BCUT2D eigenvalue weighted by atomic mass is 10.2. The highest BCUT2D eigenvalue weighted by molar-refractivity contribution is 5.85. The highest BCUT2D eigenvalue weighted by atomic mass is 16.5. The SMILES string of the molecule is COc1c(C)nc2ncccc2c1OC. The molecule has 2 rings (SSSR count). The lowest BCUT2D eigenvalue weighted by molar-refractivity contribution is 0.354. The Morgan fingerprint density at radius 2 is 1.87 bits per heavy atom. The van der Waals surface area contributed by atoms with Gasteiger partial charge in [0.2, 0.25) is 0 Å². The quantitative estimate of drug-likeness (QED) is 0.750. The first-order valence-electron chi connectivity index (χ1n) is 4.61. The summed E-state index contributed by atoms with van der Waals surface area (Å²) in [4.78, 5) is 8.52. The van der Waals surface area contributed by atoms with Crippen LogP contribution in [0.2, 0.25) is 0 Å². The molecule has 0 saturated heterocycles. The molecule has 0 aromatic carbocycles. The number of aryl methyl sites for hydroxylation is 1. The van der Waals surface area contributed by atoms with E-state index in [-0.39, 0.29) is 0 Å². The Labute approximate surface area is 87.9 Å². The second-order valence-corrected chi connectivity index (χ2v) is 3.14. The highest BCUT2D eigenvalue weighted by Crippen LogP contribution is 2.35. The molecule has 0 radical (unpaired) electrons. The minimum atomic E-state index is 0.665. The van der Waals surface area contributed by atoms with Crippen LogP contribution in [0.4, 0.5) is 0 Å². The Hall–Kier alpha value is -1.84. The molecule has 0 unspecified atom stereocenters. The summed E-state index contributed by atoms with van der Waals surface area (Å²) in [6.07, 6.45) is 1.71. The predicted octanol–water partition coefficient (Wildman–Crippen LogP) is 1.96. The summed E-state index contributed by atoms with van der Waals surface area (Å²) in [5.41, 5.74) is 1.45. The van der Waals surface area contributed by atoms with Gasteiger partial charge in [-0.25, -0.2) is 9.97 Å². The number of fused-ring (bicyclic) bond motifs is 1. The second-order valence-electron chi connectivity index (χ2n) is 3.14. The molecule has 4 heteroatoms. The van der Waals surface area contributed by atoms with Crippen LogP contribution in [0.3, 0.4) is 0 Å². The first-order valence-corrected chi connectivity index (χ1v) is 4.61. The van der Waals surface area contributed by atoms with Gasteiger partial charge in [-0.05, 0) is 19.1 Å². The van der Waals surface area contributed by atoms with E-state index in [9.17, 15) is 0 Å². The summed E-state index contributed by atoms with van der Waals surface area (Å²) in [5.74, 6) is 1.35. The number of pyridine rings is 2. The van der Waals surface area contributed by atoms with Crippen LogP contribution in [-0.4, -0.2) is 24.2 Å². The first kappa shape index (κ1) is 9.71. The number of nitrogens with zero attached hydrogens (tertiary/aromatic N) is 2. The fraction of sp³-hybridized carbons (Fsp3) is 0.273. The van der Waals surface area contributed by atoms with Crippen LogP contribution in [0.5, 0.6) is 11.5 Å². The molecule has 0 fully saturated rings. The van der Waals surface area contributed by atoms with E-state index in [2.05, 4.69) is 9.97 Å². The van der Waals surface area contributed by atoms with Crippen molar-refractivity contribution in [3.8, 4) is 11.5 Å². The topological polar surface area (TPSA) is 44.2 Å². The van der Waals surface area contributed by atoms with Crippen LogP contribution >= 0.6 is 0 Å². The minimum Gasteiger partial charge on any atom is -0.492 e. The average Bonchev–Trinajstić information content (AvgIpc) is 2.27. The van der Waals surface area contributed by atoms with Crippen molar-refractivity contribution in [3.63, 3.8) is 0 Å². The molecule has 0 aliphatic carbocycles. The van der Waals surface area contributed by atoms with Crippen LogP contribution in [0.15, 0.2) is 18.3 Å². The second kappa shape index (κ2) is 3.73. The van der Waals surface area contributed by atoms with Gasteiger partial charge in [-0.1, -0.05) is 0 Å². The molecule has 0 aliphatic rings. The molecule has 0 N–H and O–H groups in total. The molecule has 2 heterocycles. The van der Waals surface area contributed by atoms with E-state index in [4.69, 9.17) is 9.47 Å². The predicted molar refractivity (Wildman–Crippen MR) is 57.4 cm³/mol. The van der Waals surface area contributed by atoms with Crippen LogP contribution in [0, 0.1) is 6.92 Å². The van der Waals surface area contributed by atoms with Gasteiger partial charge in [0, 0.05) is 6.20 Å². The summed E-state index contributed by atoms with van der Waals surface area (Å²) < 4.78 is 10.6. The molecule has 2 aromatic rings. The Morgan fingerprint density at radius 1 is 1.13 bits per heavy atom. The van der Waals surface area contributed by atoms with Gasteiger partial charge in [0.15, 0.2) is 17.1 Å². The molecular formula is C11H12N2O2. The lowest BCUT2D eigenvalue weighted by Gasteiger charge is -2.11. The number of hydrogen-bond acceptors (Lipinski definition) is 4. The van der Waals surface area contributed by atoms with Crippen molar-refractivity contribution >= 4 is 11.0 Å². The maximum absolute atomic E-state index is 5.33. The Bertz CT molecular complexity index is 497. The van der Waals surface area contributed by atoms with Crippen LogP contribution in [-0.2, 0) is 0 Å². The fourth-order valence-electron chi connectivity index (χ4n) is 1.60. The van der Waals surface area contributed by atoms with Crippen molar-refractivity contribution in [3.05, 3.63) is 24.0 Å². The van der Waals surface area contributed by atoms with Crippen molar-refractivity contribution in [2.24, 2.45) is 0 Å². The standard InChI is InChI=1S/C11H12N2O2/c1-7-9(14-2)10(15-3)8-5-4-6-12-11(8)13-7/h4-6H,1-3H3. The number of hydrogen-bond donors (Lipinski definition) is 0. The van der Waals surface area contributed by atoms with Gasteiger partial charge in [-0.15, -0.1) is 0 Å². The van der Waals surface area contributed by atoms with Crippen LogP contribution in [0.25, 0.3) is 11.0 Å². The maximum atomic E-state index is 5.33. The molecule has 0 spiro atoms. The zero-order valence-electron chi connectivity index (χ0n) is 8.94. The zero-order valence-corrected chi connectivity index (χ0v) is 8.94. The summed E-state index contributed by atoms with van der Waals surface area (Å²) in [5, 5.41) is 0.863. The molecule has 4 nitrogen and oxygen atoms in total. The largest absolute Gasteiger partial charge is 0.492 e. The summed E-state index contributed by atoms with van der Waals surface area (Å²) in [7, 11) is 3.22. The van der Waals surface area contributed by atoms with Gasteiger partial charge >= 0.3 is 0 Å². The van der Waals surface area contributed by atoms with E-state index in [0.717, 1.165) is 11.1 Å². The van der Waals surface area contributed by atoms with Gasteiger partial charge in [0.1, 0.15) is 0 Å². The van der Waals surface area contributed by atoms with E-state index in [1.54, 1.807) is 20.4 Å². The van der Waals surface area contributed by atoms with Gasteiger partial charge in [-0.3, -0.25) is 0 Å². The molecule has 0 amide bonds. The van der Waals surface area contributed by atoms with Gasteiger partial charge in [0.25, 0.3) is 0 Å². The number of rotatable bonds is 2. The lowest BCUT2D eigenvalue weighted by Crippen LogP contribution is -1.98. The van der Waals surface area contributed by atoms with Crippen molar-refractivity contribution in [2.45, 2.75) is 6.92 Å². The summed E-state index contributed by atoms with van der Waals surface area (Å²) in [6, 6.07) is 3.76. The number of methoxy groups -OCH3 is 2. The normalized spacial score (nSPS) is 10.3.